The second kappa shape index (κ2) is 4.33. The highest BCUT2D eigenvalue weighted by atomic mass is 32.1. The van der Waals surface area contributed by atoms with Crippen LogP contribution in [-0.4, -0.2) is 18.6 Å². The summed E-state index contributed by atoms with van der Waals surface area (Å²) < 4.78 is 10.9. The van der Waals surface area contributed by atoms with Crippen molar-refractivity contribution in [2.75, 3.05) is 6.79 Å². The Balaban J connectivity index is 1.96. The largest absolute Gasteiger partial charge is 0.454 e. The highest BCUT2D eigenvalue weighted by molar-refractivity contribution is 7.13. The van der Waals surface area contributed by atoms with Crippen LogP contribution in [-0.2, 0) is 0 Å². The molecule has 1 aromatic heterocycles. The van der Waals surface area contributed by atoms with Crippen molar-refractivity contribution in [2.24, 2.45) is 0 Å². The zero-order valence-electron chi connectivity index (χ0n) is 11.7. The van der Waals surface area contributed by atoms with Crippen LogP contribution in [0, 0.1) is 0 Å². The topological polar surface area (TPSA) is 64.6 Å². The van der Waals surface area contributed by atoms with Gasteiger partial charge in [-0.05, 0) is 40.4 Å². The molecule has 0 fully saturated rings. The summed E-state index contributed by atoms with van der Waals surface area (Å²) in [7, 11) is 0. The van der Waals surface area contributed by atoms with Crippen LogP contribution < -0.4 is 14.8 Å². The lowest BCUT2D eigenvalue weighted by molar-refractivity contribution is 0.0880. The molecular weight excluding hydrogens is 314 g/mol. The summed E-state index contributed by atoms with van der Waals surface area (Å²) in [5.74, 6) is 0.592. The Labute approximate surface area is 134 Å². The molecule has 0 radical (unpaired) electrons. The van der Waals surface area contributed by atoms with Crippen molar-refractivity contribution < 1.29 is 19.1 Å². The average Bonchev–Trinajstić information content (AvgIpc) is 3.25. The van der Waals surface area contributed by atoms with Crippen LogP contribution in [0.4, 0.5) is 0 Å². The second-order valence-electron chi connectivity index (χ2n) is 5.36. The van der Waals surface area contributed by atoms with Gasteiger partial charge < -0.3 is 9.47 Å². The van der Waals surface area contributed by atoms with Gasteiger partial charge in [0.2, 0.25) is 6.79 Å². The number of benzene rings is 2. The van der Waals surface area contributed by atoms with E-state index in [2.05, 4.69) is 5.32 Å². The predicted octanol–water partition coefficient (Wildman–Crippen LogP) is 3.18. The number of fused-ring (bicyclic) bond motifs is 3. The van der Waals surface area contributed by atoms with Crippen LogP contribution in [0.5, 0.6) is 11.5 Å². The smallest absolute Gasteiger partial charge is 0.259 e. The van der Waals surface area contributed by atoms with Gasteiger partial charge in [0.15, 0.2) is 11.5 Å². The molecule has 0 spiro atoms. The van der Waals surface area contributed by atoms with E-state index in [0.29, 0.717) is 22.6 Å². The van der Waals surface area contributed by atoms with Crippen LogP contribution in [0.25, 0.3) is 21.2 Å². The van der Waals surface area contributed by atoms with Crippen LogP contribution in [0.1, 0.15) is 20.7 Å². The molecule has 0 aliphatic carbocycles. The van der Waals surface area contributed by atoms with Crippen molar-refractivity contribution in [1.29, 1.82) is 0 Å². The predicted molar refractivity (Wildman–Crippen MR) is 85.2 cm³/mol. The first-order chi connectivity index (χ1) is 11.2. The zero-order valence-corrected chi connectivity index (χ0v) is 12.5. The third-order valence-electron chi connectivity index (χ3n) is 4.10. The fraction of sp³-hybridized carbons (Fsp3) is 0.0588. The molecule has 3 heterocycles. The summed E-state index contributed by atoms with van der Waals surface area (Å²) in [6.45, 7) is 0.180. The summed E-state index contributed by atoms with van der Waals surface area (Å²) in [4.78, 5) is 25.3. The van der Waals surface area contributed by atoms with E-state index in [0.717, 1.165) is 21.2 Å². The molecule has 2 aliphatic heterocycles. The maximum Gasteiger partial charge on any atom is 0.259 e. The quantitative estimate of drug-likeness (QED) is 0.699. The van der Waals surface area contributed by atoms with Crippen molar-refractivity contribution in [3.8, 4) is 21.9 Å². The van der Waals surface area contributed by atoms with Crippen molar-refractivity contribution in [3.05, 3.63) is 46.8 Å². The van der Waals surface area contributed by atoms with Gasteiger partial charge in [0.1, 0.15) is 0 Å². The Hall–Kier alpha value is -2.86. The Morgan fingerprint density at radius 2 is 1.83 bits per heavy atom. The van der Waals surface area contributed by atoms with Gasteiger partial charge >= 0.3 is 0 Å². The third kappa shape index (κ3) is 1.66. The monoisotopic (exact) mass is 323 g/mol. The van der Waals surface area contributed by atoms with Crippen molar-refractivity contribution in [3.63, 3.8) is 0 Å². The Kier molecular flexibility index (Phi) is 2.38. The lowest BCUT2D eigenvalue weighted by Crippen LogP contribution is -2.20. The second-order valence-corrected chi connectivity index (χ2v) is 6.31. The maximum atomic E-state index is 12.3. The molecule has 0 saturated carbocycles. The van der Waals surface area contributed by atoms with Crippen LogP contribution in [0.2, 0.25) is 0 Å². The first kappa shape index (κ1) is 12.7. The number of hydrogen-bond donors (Lipinski definition) is 1. The van der Waals surface area contributed by atoms with Gasteiger partial charge in [-0.25, -0.2) is 0 Å². The molecule has 0 saturated heterocycles. The highest BCUT2D eigenvalue weighted by Gasteiger charge is 2.32. The van der Waals surface area contributed by atoms with E-state index in [1.807, 2.05) is 29.6 Å². The van der Waals surface area contributed by atoms with E-state index >= 15 is 0 Å². The van der Waals surface area contributed by atoms with Gasteiger partial charge in [0.25, 0.3) is 11.8 Å². The molecule has 5 rings (SSSR count). The first-order valence-electron chi connectivity index (χ1n) is 7.02. The van der Waals surface area contributed by atoms with Crippen molar-refractivity contribution in [1.82, 2.24) is 5.32 Å². The molecule has 2 amide bonds. The number of amides is 2. The number of nitrogens with one attached hydrogen (secondary N) is 1. The number of ether oxygens (including phenoxy) is 2. The molecule has 3 aromatic rings. The van der Waals surface area contributed by atoms with E-state index < -0.39 is 0 Å². The SMILES string of the molecule is O=C1NC(=O)c2c1cc1cc3c(cc1c2-c1cccs1)OCO3. The number of carbonyl (C=O) groups excluding carboxylic acids is 2. The molecule has 6 heteroatoms. The Morgan fingerprint density at radius 3 is 2.61 bits per heavy atom. The lowest BCUT2D eigenvalue weighted by Gasteiger charge is -2.10. The summed E-state index contributed by atoms with van der Waals surface area (Å²) >= 11 is 1.53. The van der Waals surface area contributed by atoms with E-state index in [9.17, 15) is 9.59 Å². The maximum absolute atomic E-state index is 12.3. The van der Waals surface area contributed by atoms with Gasteiger partial charge in [0, 0.05) is 10.4 Å². The normalized spacial score (nSPS) is 15.1. The minimum absolute atomic E-state index is 0.180. The number of rotatable bonds is 1. The molecule has 0 atom stereocenters. The Bertz CT molecular complexity index is 1010. The molecule has 112 valence electrons. The minimum Gasteiger partial charge on any atom is -0.454 e. The number of carbonyl (C=O) groups is 2. The fourth-order valence-electron chi connectivity index (χ4n) is 3.12. The molecule has 23 heavy (non-hydrogen) atoms. The molecule has 5 nitrogen and oxygen atoms in total. The van der Waals surface area contributed by atoms with Crippen LogP contribution in [0.3, 0.4) is 0 Å². The standard InChI is InChI=1S/C17H9NO4S/c19-16-10-4-8-5-11-12(22-7-21-11)6-9(8)14(13-2-1-3-23-13)15(10)17(20)18-16/h1-6H,7H2,(H,18,19,20). The van der Waals surface area contributed by atoms with Crippen LogP contribution >= 0.6 is 11.3 Å². The van der Waals surface area contributed by atoms with E-state index in [4.69, 9.17) is 9.47 Å². The van der Waals surface area contributed by atoms with Gasteiger partial charge in [0.05, 0.1) is 11.1 Å². The summed E-state index contributed by atoms with van der Waals surface area (Å²) in [5, 5.41) is 6.05. The summed E-state index contributed by atoms with van der Waals surface area (Å²) in [6, 6.07) is 9.34. The Morgan fingerprint density at radius 1 is 1.00 bits per heavy atom. The van der Waals surface area contributed by atoms with E-state index in [-0.39, 0.29) is 18.6 Å². The molecule has 0 bridgehead atoms. The third-order valence-corrected chi connectivity index (χ3v) is 4.99. The molecule has 0 unspecified atom stereocenters. The fourth-order valence-corrected chi connectivity index (χ4v) is 3.91. The lowest BCUT2D eigenvalue weighted by atomic mass is 9.93. The summed E-state index contributed by atoms with van der Waals surface area (Å²) in [6.07, 6.45) is 0. The first-order valence-corrected chi connectivity index (χ1v) is 7.90. The molecule has 1 N–H and O–H groups in total. The molecular formula is C17H9NO4S. The molecule has 2 aromatic carbocycles. The zero-order chi connectivity index (χ0) is 15.6. The number of thiophene rings is 1. The number of hydrogen-bond acceptors (Lipinski definition) is 5. The van der Waals surface area contributed by atoms with Gasteiger partial charge in [-0.15, -0.1) is 11.3 Å². The number of imide groups is 1. The van der Waals surface area contributed by atoms with E-state index in [1.165, 1.54) is 11.3 Å². The van der Waals surface area contributed by atoms with E-state index in [1.54, 1.807) is 6.07 Å². The van der Waals surface area contributed by atoms with Crippen molar-refractivity contribution >= 4 is 33.9 Å². The molecule has 2 aliphatic rings. The minimum atomic E-state index is -0.359. The van der Waals surface area contributed by atoms with Gasteiger partial charge in [-0.3, -0.25) is 14.9 Å². The highest BCUT2D eigenvalue weighted by Crippen LogP contribution is 2.43. The van der Waals surface area contributed by atoms with Gasteiger partial charge in [-0.1, -0.05) is 6.07 Å². The average molecular weight is 323 g/mol. The van der Waals surface area contributed by atoms with Crippen molar-refractivity contribution in [2.45, 2.75) is 0 Å². The van der Waals surface area contributed by atoms with Crippen LogP contribution in [0.15, 0.2) is 35.7 Å². The van der Waals surface area contributed by atoms with Gasteiger partial charge in [-0.2, -0.15) is 0 Å². The summed E-state index contributed by atoms with van der Waals surface area (Å²) in [5.41, 5.74) is 1.61.